The van der Waals surface area contributed by atoms with Gasteiger partial charge in [0.15, 0.2) is 0 Å². The van der Waals surface area contributed by atoms with Crippen LogP contribution in [0.4, 0.5) is 5.69 Å². The summed E-state index contributed by atoms with van der Waals surface area (Å²) in [6.45, 7) is 5.63. The Bertz CT molecular complexity index is 978. The monoisotopic (exact) mass is 546 g/mol. The lowest BCUT2D eigenvalue weighted by atomic mass is 9.85. The van der Waals surface area contributed by atoms with Crippen LogP contribution in [0.2, 0.25) is 0 Å². The number of anilines is 1. The number of aliphatic hydroxyl groups is 1. The maximum absolute atomic E-state index is 10.2. The molecule has 0 spiro atoms. The third-order valence-electron chi connectivity index (χ3n) is 7.08. The fourth-order valence-electron chi connectivity index (χ4n) is 5.16. The SMILES string of the molecule is COCCCN1CCOc2ccc(CO[C@H]3CNC[C@@H](OC[C@H](O)COC)C3c3ccc(SC)cc3)cc21. The highest BCUT2D eigenvalue weighted by molar-refractivity contribution is 7.98. The smallest absolute Gasteiger partial charge is 0.142 e. The molecular weight excluding hydrogens is 504 g/mol. The molecule has 2 heterocycles. The normalized spacial score (nSPS) is 22.1. The van der Waals surface area contributed by atoms with E-state index in [1.165, 1.54) is 10.5 Å². The van der Waals surface area contributed by atoms with Crippen molar-refractivity contribution in [1.82, 2.24) is 5.32 Å². The van der Waals surface area contributed by atoms with Crippen LogP contribution in [-0.2, 0) is 25.6 Å². The second kappa shape index (κ2) is 15.1. The number of hydrogen-bond donors (Lipinski definition) is 2. The first-order chi connectivity index (χ1) is 18.6. The minimum absolute atomic E-state index is 0.0356. The molecule has 2 aromatic rings. The molecule has 1 fully saturated rings. The summed E-state index contributed by atoms with van der Waals surface area (Å²) in [6.07, 6.45) is 2.18. The predicted molar refractivity (Wildman–Crippen MR) is 151 cm³/mol. The Balaban J connectivity index is 1.47. The maximum Gasteiger partial charge on any atom is 0.142 e. The van der Waals surface area contributed by atoms with Gasteiger partial charge in [0.2, 0.25) is 0 Å². The van der Waals surface area contributed by atoms with E-state index in [-0.39, 0.29) is 31.3 Å². The second-order valence-electron chi connectivity index (χ2n) is 9.77. The molecule has 0 radical (unpaired) electrons. The number of piperidine rings is 1. The number of thioether (sulfide) groups is 1. The predicted octanol–water partition coefficient (Wildman–Crippen LogP) is 3.31. The van der Waals surface area contributed by atoms with Crippen molar-refractivity contribution < 1.29 is 28.8 Å². The third-order valence-corrected chi connectivity index (χ3v) is 7.82. The number of aliphatic hydroxyl groups excluding tert-OH is 1. The molecule has 4 atom stereocenters. The first-order valence-electron chi connectivity index (χ1n) is 13.4. The number of nitrogens with one attached hydrogen (secondary N) is 1. The Morgan fingerprint density at radius 2 is 1.84 bits per heavy atom. The molecule has 2 N–H and O–H groups in total. The summed E-state index contributed by atoms with van der Waals surface area (Å²) in [5.41, 5.74) is 3.41. The highest BCUT2D eigenvalue weighted by Gasteiger charge is 2.36. The lowest BCUT2D eigenvalue weighted by molar-refractivity contribution is -0.0856. The van der Waals surface area contributed by atoms with Gasteiger partial charge in [-0.3, -0.25) is 0 Å². The molecule has 1 unspecified atom stereocenters. The van der Waals surface area contributed by atoms with Crippen LogP contribution in [0.15, 0.2) is 47.4 Å². The van der Waals surface area contributed by atoms with Crippen LogP contribution in [0.3, 0.4) is 0 Å². The van der Waals surface area contributed by atoms with Gasteiger partial charge in [0.05, 0.1) is 44.3 Å². The van der Waals surface area contributed by atoms with E-state index in [1.54, 1.807) is 26.0 Å². The van der Waals surface area contributed by atoms with Crippen molar-refractivity contribution in [3.8, 4) is 5.75 Å². The minimum Gasteiger partial charge on any atom is -0.490 e. The molecule has 2 aromatic carbocycles. The first-order valence-corrected chi connectivity index (χ1v) is 14.6. The van der Waals surface area contributed by atoms with Crippen LogP contribution in [0, 0.1) is 0 Å². The van der Waals surface area contributed by atoms with Gasteiger partial charge in [0.25, 0.3) is 0 Å². The van der Waals surface area contributed by atoms with Gasteiger partial charge in [-0.1, -0.05) is 18.2 Å². The Hall–Kier alpha value is -1.85. The molecule has 38 heavy (non-hydrogen) atoms. The van der Waals surface area contributed by atoms with E-state index in [1.807, 2.05) is 0 Å². The molecule has 0 saturated carbocycles. The molecule has 210 valence electrons. The van der Waals surface area contributed by atoms with Crippen molar-refractivity contribution in [3.05, 3.63) is 53.6 Å². The number of rotatable bonds is 14. The average Bonchev–Trinajstić information content (AvgIpc) is 2.95. The van der Waals surface area contributed by atoms with Crippen molar-refractivity contribution in [2.45, 2.75) is 42.2 Å². The van der Waals surface area contributed by atoms with Crippen LogP contribution in [-0.4, -0.2) is 96.5 Å². The van der Waals surface area contributed by atoms with Gasteiger partial charge in [-0.15, -0.1) is 11.8 Å². The molecule has 2 aliphatic heterocycles. The molecule has 0 bridgehead atoms. The number of methoxy groups -OCH3 is 2. The average molecular weight is 547 g/mol. The van der Waals surface area contributed by atoms with Gasteiger partial charge in [0, 0.05) is 51.3 Å². The van der Waals surface area contributed by atoms with Crippen molar-refractivity contribution >= 4 is 17.4 Å². The first kappa shape index (κ1) is 29.1. The summed E-state index contributed by atoms with van der Waals surface area (Å²) in [4.78, 5) is 3.59. The maximum atomic E-state index is 10.2. The summed E-state index contributed by atoms with van der Waals surface area (Å²) in [7, 11) is 3.32. The van der Waals surface area contributed by atoms with E-state index in [4.69, 9.17) is 23.7 Å². The van der Waals surface area contributed by atoms with Crippen LogP contribution in [0.1, 0.15) is 23.5 Å². The number of fused-ring (bicyclic) bond motifs is 1. The van der Waals surface area contributed by atoms with Gasteiger partial charge in [-0.2, -0.15) is 0 Å². The van der Waals surface area contributed by atoms with Crippen LogP contribution in [0.25, 0.3) is 0 Å². The van der Waals surface area contributed by atoms with Crippen molar-refractivity contribution in [3.63, 3.8) is 0 Å². The van der Waals surface area contributed by atoms with Crippen molar-refractivity contribution in [2.75, 3.05) is 78.0 Å². The summed E-state index contributed by atoms with van der Waals surface area (Å²) in [5.74, 6) is 0.958. The zero-order valence-corrected chi connectivity index (χ0v) is 23.6. The Kier molecular flexibility index (Phi) is 11.6. The highest BCUT2D eigenvalue weighted by Crippen LogP contribution is 2.35. The largest absolute Gasteiger partial charge is 0.490 e. The van der Waals surface area contributed by atoms with E-state index in [0.717, 1.165) is 49.7 Å². The molecule has 0 amide bonds. The molecule has 2 aliphatic rings. The van der Waals surface area contributed by atoms with E-state index in [2.05, 4.69) is 58.9 Å². The van der Waals surface area contributed by atoms with E-state index < -0.39 is 6.10 Å². The minimum atomic E-state index is -0.662. The van der Waals surface area contributed by atoms with E-state index in [0.29, 0.717) is 19.8 Å². The fraction of sp³-hybridized carbons (Fsp3) is 0.586. The standard InChI is InChI=1S/C29H42N2O6S/c1-33-13-4-11-31-12-14-35-26-10-5-21(15-25(26)31)18-36-27-16-30-17-28(37-20-23(32)19-34-2)29(27)22-6-8-24(38-3)9-7-22/h5-10,15,23,27-30,32H,4,11-14,16-20H2,1-3H3/t23-,27+,28-,29?/m1/s1. The Morgan fingerprint density at radius 1 is 1.05 bits per heavy atom. The molecular formula is C29H42N2O6S. The molecule has 9 heteroatoms. The fourth-order valence-corrected chi connectivity index (χ4v) is 5.57. The zero-order valence-electron chi connectivity index (χ0n) is 22.8. The Morgan fingerprint density at radius 3 is 2.58 bits per heavy atom. The number of nitrogens with zero attached hydrogens (tertiary/aromatic N) is 1. The lowest BCUT2D eigenvalue weighted by Crippen LogP contribution is -2.51. The molecule has 4 rings (SSSR count). The van der Waals surface area contributed by atoms with Crippen LogP contribution in [0.5, 0.6) is 5.75 Å². The summed E-state index contributed by atoms with van der Waals surface area (Å²) >= 11 is 1.73. The van der Waals surface area contributed by atoms with Gasteiger partial charge < -0.3 is 39.0 Å². The topological polar surface area (TPSA) is 81.7 Å². The van der Waals surface area contributed by atoms with Gasteiger partial charge >= 0.3 is 0 Å². The van der Waals surface area contributed by atoms with Crippen molar-refractivity contribution in [2.24, 2.45) is 0 Å². The van der Waals surface area contributed by atoms with Gasteiger partial charge in [0.1, 0.15) is 18.5 Å². The number of ether oxygens (including phenoxy) is 5. The molecule has 8 nitrogen and oxygen atoms in total. The quantitative estimate of drug-likeness (QED) is 0.274. The summed E-state index contributed by atoms with van der Waals surface area (Å²) < 4.78 is 29.0. The number of benzene rings is 2. The van der Waals surface area contributed by atoms with Crippen LogP contribution < -0.4 is 15.0 Å². The summed E-state index contributed by atoms with van der Waals surface area (Å²) in [6, 6.07) is 15.0. The highest BCUT2D eigenvalue weighted by atomic mass is 32.2. The van der Waals surface area contributed by atoms with Gasteiger partial charge in [-0.25, -0.2) is 0 Å². The molecule has 0 aliphatic carbocycles. The van der Waals surface area contributed by atoms with E-state index >= 15 is 0 Å². The van der Waals surface area contributed by atoms with Gasteiger partial charge in [-0.05, 0) is 48.1 Å². The summed E-state index contributed by atoms with van der Waals surface area (Å²) in [5, 5.41) is 13.7. The zero-order chi connectivity index (χ0) is 26.7. The van der Waals surface area contributed by atoms with Crippen molar-refractivity contribution in [1.29, 1.82) is 0 Å². The molecule has 1 saturated heterocycles. The van der Waals surface area contributed by atoms with E-state index in [9.17, 15) is 5.11 Å². The second-order valence-corrected chi connectivity index (χ2v) is 10.7. The number of hydrogen-bond acceptors (Lipinski definition) is 9. The Labute approximate surface area is 230 Å². The molecule has 0 aromatic heterocycles. The third kappa shape index (κ3) is 7.85. The van der Waals surface area contributed by atoms with Crippen LogP contribution >= 0.6 is 11.8 Å². The lowest BCUT2D eigenvalue weighted by Gasteiger charge is -2.39.